The van der Waals surface area contributed by atoms with E-state index in [1.165, 1.54) is 11.3 Å². The molecule has 13 heteroatoms. The Bertz CT molecular complexity index is 2300. The normalized spacial score (nSPS) is 16.5. The van der Waals surface area contributed by atoms with Crippen molar-refractivity contribution in [3.05, 3.63) is 82.5 Å². The summed E-state index contributed by atoms with van der Waals surface area (Å²) in [5.41, 5.74) is 5.50. The zero-order valence-corrected chi connectivity index (χ0v) is 28.4. The maximum Gasteiger partial charge on any atom is 0.415 e. The number of nitrogens with one attached hydrogen (secondary N) is 3. The fourth-order valence-corrected chi connectivity index (χ4v) is 8.13. The van der Waals surface area contributed by atoms with Gasteiger partial charge in [0.1, 0.15) is 17.1 Å². The maximum absolute atomic E-state index is 14.2. The number of phenols is 1. The number of fused-ring (bicyclic) bond motifs is 5. The number of anilines is 2. The van der Waals surface area contributed by atoms with E-state index >= 15 is 0 Å². The number of H-pyrrole nitrogens is 2. The van der Waals surface area contributed by atoms with Crippen molar-refractivity contribution in [3.8, 4) is 11.5 Å². The number of alkyl halides is 1. The topological polar surface area (TPSA) is 134 Å². The lowest BCUT2D eigenvalue weighted by Gasteiger charge is -2.31. The largest absolute Gasteiger partial charge is 0.508 e. The number of aromatic hydroxyl groups is 1. The van der Waals surface area contributed by atoms with Gasteiger partial charge in [-0.2, -0.15) is 0 Å². The zero-order valence-electron chi connectivity index (χ0n) is 26.8. The molecule has 2 aliphatic heterocycles. The Morgan fingerprint density at radius 3 is 2.47 bits per heavy atom. The van der Waals surface area contributed by atoms with Crippen LogP contribution in [-0.2, 0) is 0 Å². The SMILES string of the molecule is Cc1csc2c(OC(=O)N3CCN(C)CC3)cc3c(c12)C(CCl)CN3C(=O)c1cc2cc(NC(=O)c3cc4cc(O)ccc4[nH]3)ccc2[nH]1. The minimum atomic E-state index is -0.396. The third-order valence-corrected chi connectivity index (χ3v) is 10.9. The average Bonchev–Trinajstić information content (AvgIpc) is 3.88. The van der Waals surface area contributed by atoms with Gasteiger partial charge in [0.05, 0.1) is 10.4 Å². The van der Waals surface area contributed by atoms with E-state index in [2.05, 4.69) is 20.2 Å². The maximum atomic E-state index is 14.2. The van der Waals surface area contributed by atoms with E-state index in [0.29, 0.717) is 54.0 Å². The lowest BCUT2D eigenvalue weighted by atomic mass is 9.97. The fourth-order valence-electron chi connectivity index (χ4n) is 6.86. The van der Waals surface area contributed by atoms with Gasteiger partial charge in [0.25, 0.3) is 11.8 Å². The number of hydrogen-bond donors (Lipinski definition) is 4. The molecule has 3 amide bonds. The first-order valence-corrected chi connectivity index (χ1v) is 17.4. The number of aryl methyl sites for hydroxylation is 1. The summed E-state index contributed by atoms with van der Waals surface area (Å²) in [5.74, 6) is 0.223. The van der Waals surface area contributed by atoms with Crippen LogP contribution in [0.4, 0.5) is 16.2 Å². The number of carbonyl (C=O) groups excluding carboxylic acids is 3. The van der Waals surface area contributed by atoms with Crippen LogP contribution in [0.3, 0.4) is 0 Å². The fraction of sp³-hybridized carbons (Fsp3) is 0.250. The number of halogens is 1. The number of carbonyl (C=O) groups is 3. The molecule has 0 aliphatic carbocycles. The molecule has 0 saturated carbocycles. The predicted octanol–water partition coefficient (Wildman–Crippen LogP) is 6.86. The molecule has 250 valence electrons. The first kappa shape index (κ1) is 31.2. The molecule has 0 radical (unpaired) electrons. The summed E-state index contributed by atoms with van der Waals surface area (Å²) in [6, 6.07) is 15.5. The standard InChI is InChI=1S/C36H33ClN6O5S/c1-19-18-49-33-30(48-36(47)42-9-7-41(2)8-10-42)15-29-32(31(19)33)22(16-37)17-43(29)35(46)28-14-20-11-23(3-5-25(20)40-28)38-34(45)27-13-21-12-24(44)4-6-26(21)39-27/h3-6,11-15,18,22,39-40,44H,7-10,16-17H2,1-2H3,(H,38,45). The van der Waals surface area contributed by atoms with Crippen molar-refractivity contribution in [3.63, 3.8) is 0 Å². The van der Waals surface area contributed by atoms with Gasteiger partial charge in [0.2, 0.25) is 0 Å². The number of aromatic nitrogens is 2. The number of rotatable bonds is 5. The summed E-state index contributed by atoms with van der Waals surface area (Å²) in [6.07, 6.45) is -0.396. The molecule has 2 aliphatic rings. The Morgan fingerprint density at radius 1 is 0.980 bits per heavy atom. The van der Waals surface area contributed by atoms with Crippen molar-refractivity contribution in [1.82, 2.24) is 19.8 Å². The van der Waals surface area contributed by atoms with Crippen LogP contribution >= 0.6 is 22.9 Å². The predicted molar refractivity (Wildman–Crippen MR) is 193 cm³/mol. The molecule has 1 saturated heterocycles. The Labute approximate surface area is 290 Å². The number of amides is 3. The minimum Gasteiger partial charge on any atom is -0.508 e. The highest BCUT2D eigenvalue weighted by Crippen LogP contribution is 2.49. The highest BCUT2D eigenvalue weighted by atomic mass is 35.5. The van der Waals surface area contributed by atoms with Gasteiger partial charge in [-0.15, -0.1) is 22.9 Å². The van der Waals surface area contributed by atoms with Gasteiger partial charge in [-0.05, 0) is 79.0 Å². The Kier molecular flexibility index (Phi) is 7.73. The highest BCUT2D eigenvalue weighted by molar-refractivity contribution is 7.17. The average molecular weight is 697 g/mol. The molecule has 8 rings (SSSR count). The number of piperazine rings is 1. The van der Waals surface area contributed by atoms with Crippen molar-refractivity contribution in [1.29, 1.82) is 0 Å². The number of likely N-dealkylation sites (N-methyl/N-ethyl adjacent to an activating group) is 1. The number of aromatic amines is 2. The van der Waals surface area contributed by atoms with Crippen molar-refractivity contribution in [2.45, 2.75) is 12.8 Å². The van der Waals surface area contributed by atoms with Crippen LogP contribution in [0.25, 0.3) is 31.9 Å². The second-order valence-electron chi connectivity index (χ2n) is 12.7. The number of nitrogens with zero attached hydrogens (tertiary/aromatic N) is 3. The van der Waals surface area contributed by atoms with Gasteiger partial charge >= 0.3 is 6.09 Å². The third kappa shape index (κ3) is 5.55. The molecule has 5 heterocycles. The molecule has 6 aromatic rings. The summed E-state index contributed by atoms with van der Waals surface area (Å²) in [7, 11) is 2.03. The molecule has 1 unspecified atom stereocenters. The van der Waals surface area contributed by atoms with E-state index < -0.39 is 6.09 Å². The van der Waals surface area contributed by atoms with Crippen LogP contribution in [0.5, 0.6) is 11.5 Å². The number of benzene rings is 3. The Hall–Kier alpha value is -5.04. The van der Waals surface area contributed by atoms with Crippen LogP contribution in [-0.4, -0.2) is 88.4 Å². The lowest BCUT2D eigenvalue weighted by molar-refractivity contribution is 0.0982. The van der Waals surface area contributed by atoms with Crippen LogP contribution in [0.2, 0.25) is 0 Å². The molecule has 0 bridgehead atoms. The molecule has 11 nitrogen and oxygen atoms in total. The van der Waals surface area contributed by atoms with E-state index in [9.17, 15) is 19.5 Å². The molecular weight excluding hydrogens is 664 g/mol. The van der Waals surface area contributed by atoms with Gasteiger partial charge < -0.3 is 39.8 Å². The molecule has 1 fully saturated rings. The quantitative estimate of drug-likeness (QED) is 0.146. The zero-order chi connectivity index (χ0) is 34.0. The molecule has 0 spiro atoms. The number of ether oxygens (including phenoxy) is 1. The minimum absolute atomic E-state index is 0.0985. The molecule has 3 aromatic heterocycles. The molecule has 1 atom stereocenters. The van der Waals surface area contributed by atoms with Crippen LogP contribution in [0.15, 0.2) is 60.0 Å². The second-order valence-corrected chi connectivity index (χ2v) is 13.9. The summed E-state index contributed by atoms with van der Waals surface area (Å²) >= 11 is 8.04. The summed E-state index contributed by atoms with van der Waals surface area (Å²) in [6.45, 7) is 5.15. The van der Waals surface area contributed by atoms with E-state index in [4.69, 9.17) is 16.3 Å². The Morgan fingerprint density at radius 2 is 1.69 bits per heavy atom. The van der Waals surface area contributed by atoms with E-state index in [1.807, 2.05) is 37.6 Å². The van der Waals surface area contributed by atoms with Gasteiger partial charge in [-0.3, -0.25) is 9.59 Å². The summed E-state index contributed by atoms with van der Waals surface area (Å²) in [4.78, 5) is 52.4. The lowest BCUT2D eigenvalue weighted by Crippen LogP contribution is -2.48. The molecular formula is C36H33ClN6O5S. The van der Waals surface area contributed by atoms with E-state index in [1.54, 1.807) is 46.2 Å². The van der Waals surface area contributed by atoms with E-state index in [0.717, 1.165) is 56.1 Å². The number of hydrogen-bond acceptors (Lipinski definition) is 7. The summed E-state index contributed by atoms with van der Waals surface area (Å²) in [5, 5.41) is 17.2. The molecule has 49 heavy (non-hydrogen) atoms. The Balaban J connectivity index is 1.08. The van der Waals surface area contributed by atoms with Gasteiger partial charge in [-0.25, -0.2) is 4.79 Å². The van der Waals surface area contributed by atoms with Crippen LogP contribution < -0.4 is 15.0 Å². The first-order valence-electron chi connectivity index (χ1n) is 16.0. The monoisotopic (exact) mass is 696 g/mol. The molecule has 4 N–H and O–H groups in total. The highest BCUT2D eigenvalue weighted by Gasteiger charge is 2.37. The first-order chi connectivity index (χ1) is 23.7. The number of phenolic OH excluding ortho intramolecular Hbond substituents is 1. The van der Waals surface area contributed by atoms with Crippen LogP contribution in [0, 0.1) is 6.92 Å². The smallest absolute Gasteiger partial charge is 0.415 e. The second kappa shape index (κ2) is 12.1. The van der Waals surface area contributed by atoms with E-state index in [-0.39, 0.29) is 23.5 Å². The van der Waals surface area contributed by atoms with Crippen molar-refractivity contribution < 1.29 is 24.2 Å². The van der Waals surface area contributed by atoms with Gasteiger partial charge in [0.15, 0.2) is 5.75 Å². The van der Waals surface area contributed by atoms with Crippen molar-refractivity contribution in [2.75, 3.05) is 55.9 Å². The van der Waals surface area contributed by atoms with Crippen molar-refractivity contribution >= 4 is 84.1 Å². The van der Waals surface area contributed by atoms with Gasteiger partial charge in [-0.1, -0.05) is 0 Å². The summed E-state index contributed by atoms with van der Waals surface area (Å²) < 4.78 is 6.91. The van der Waals surface area contributed by atoms with Crippen molar-refractivity contribution in [2.24, 2.45) is 0 Å². The number of thiophene rings is 1. The van der Waals surface area contributed by atoms with Gasteiger partial charge in [0, 0.05) is 83.5 Å². The molecule has 3 aromatic carbocycles. The van der Waals surface area contributed by atoms with Crippen LogP contribution in [0.1, 0.15) is 38.0 Å². The third-order valence-electron chi connectivity index (χ3n) is 9.46.